The molecule has 0 saturated heterocycles. The molecular formula is C14H14F3NO. The second kappa shape index (κ2) is 5.24. The van der Waals surface area contributed by atoms with E-state index in [1.54, 1.807) is 12.1 Å². The maximum absolute atomic E-state index is 12.7. The second-order valence-electron chi connectivity index (χ2n) is 4.55. The van der Waals surface area contributed by atoms with E-state index >= 15 is 0 Å². The van der Waals surface area contributed by atoms with Gasteiger partial charge >= 0.3 is 6.18 Å². The molecule has 5 heteroatoms. The summed E-state index contributed by atoms with van der Waals surface area (Å²) in [6.45, 7) is -0.236. The number of fused-ring (bicyclic) bond motifs is 1. The van der Waals surface area contributed by atoms with Crippen molar-refractivity contribution in [2.24, 2.45) is 0 Å². The van der Waals surface area contributed by atoms with Gasteiger partial charge in [-0.2, -0.15) is 13.2 Å². The van der Waals surface area contributed by atoms with E-state index in [-0.39, 0.29) is 6.54 Å². The molecule has 2 rings (SSSR count). The fraction of sp³-hybridized carbons (Fsp3) is 0.429. The van der Waals surface area contributed by atoms with Gasteiger partial charge in [0.25, 0.3) is 0 Å². The lowest BCUT2D eigenvalue weighted by Crippen LogP contribution is -2.47. The Bertz CT molecular complexity index is 492. The van der Waals surface area contributed by atoms with E-state index in [1.807, 2.05) is 12.1 Å². The Morgan fingerprint density at radius 3 is 2.74 bits per heavy atom. The molecule has 0 amide bonds. The van der Waals surface area contributed by atoms with E-state index < -0.39 is 18.4 Å². The van der Waals surface area contributed by atoms with Gasteiger partial charge in [-0.1, -0.05) is 30.2 Å². The monoisotopic (exact) mass is 269 g/mol. The van der Waals surface area contributed by atoms with Gasteiger partial charge in [0.1, 0.15) is 0 Å². The maximum Gasteiger partial charge on any atom is 0.428 e. The average Bonchev–Trinajstić information content (AvgIpc) is 2.78. The van der Waals surface area contributed by atoms with E-state index in [1.165, 1.54) is 0 Å². The van der Waals surface area contributed by atoms with Gasteiger partial charge in [-0.15, -0.1) is 6.42 Å². The lowest BCUT2D eigenvalue weighted by atomic mass is 10.1. The minimum absolute atomic E-state index is 0.236. The van der Waals surface area contributed by atoms with Gasteiger partial charge in [0.15, 0.2) is 0 Å². The van der Waals surface area contributed by atoms with Crippen LogP contribution in [0.25, 0.3) is 0 Å². The van der Waals surface area contributed by atoms with E-state index in [4.69, 9.17) is 6.42 Å². The van der Waals surface area contributed by atoms with E-state index in [0.29, 0.717) is 12.8 Å². The Hall–Kier alpha value is -1.51. The summed E-state index contributed by atoms with van der Waals surface area (Å²) < 4.78 is 38.1. The van der Waals surface area contributed by atoms with Crippen LogP contribution in [-0.4, -0.2) is 29.0 Å². The molecule has 0 fully saturated rings. The normalized spacial score (nSPS) is 20.1. The summed E-state index contributed by atoms with van der Waals surface area (Å²) in [6, 6.07) is 6.84. The van der Waals surface area contributed by atoms with Crippen molar-refractivity contribution in [1.29, 1.82) is 0 Å². The molecule has 1 aliphatic carbocycles. The molecule has 0 saturated carbocycles. The number of terminal acetylenes is 1. The topological polar surface area (TPSA) is 23.5 Å². The fourth-order valence-electron chi connectivity index (χ4n) is 2.54. The van der Waals surface area contributed by atoms with E-state index in [0.717, 1.165) is 16.0 Å². The first-order valence-corrected chi connectivity index (χ1v) is 5.97. The molecule has 0 bridgehead atoms. The molecule has 1 N–H and O–H groups in total. The number of aliphatic hydroxyl groups is 1. The van der Waals surface area contributed by atoms with Crippen LogP contribution in [0.4, 0.5) is 13.2 Å². The molecule has 102 valence electrons. The van der Waals surface area contributed by atoms with E-state index in [2.05, 4.69) is 5.92 Å². The number of benzene rings is 1. The zero-order valence-corrected chi connectivity index (χ0v) is 10.2. The standard InChI is InChI=1S/C14H14F3NO/c1-2-9-18(13(19)14(15,16)17)12-8-7-10-5-3-4-6-11(10)12/h1,3-6,12-13,19H,7-9H2/t12-,13?/m1/s1. The van der Waals surface area contributed by atoms with Crippen LogP contribution in [0.15, 0.2) is 24.3 Å². The quantitative estimate of drug-likeness (QED) is 0.673. The molecule has 1 aromatic carbocycles. The van der Waals surface area contributed by atoms with Crippen molar-refractivity contribution >= 4 is 0 Å². The third-order valence-corrected chi connectivity index (χ3v) is 3.38. The molecular weight excluding hydrogens is 255 g/mol. The summed E-state index contributed by atoms with van der Waals surface area (Å²) in [7, 11) is 0. The van der Waals surface area contributed by atoms with Crippen LogP contribution in [0.2, 0.25) is 0 Å². The van der Waals surface area contributed by atoms with Gasteiger partial charge in [0.05, 0.1) is 6.54 Å². The predicted molar refractivity (Wildman–Crippen MR) is 65.1 cm³/mol. The number of hydrogen-bond acceptors (Lipinski definition) is 2. The third kappa shape index (κ3) is 2.75. The highest BCUT2D eigenvalue weighted by molar-refractivity contribution is 5.34. The van der Waals surface area contributed by atoms with Crippen molar-refractivity contribution in [3.05, 3.63) is 35.4 Å². The van der Waals surface area contributed by atoms with Crippen LogP contribution < -0.4 is 0 Å². The SMILES string of the molecule is C#CCN(C(O)C(F)(F)F)[C@@H]1CCc2ccccc21. The molecule has 2 atom stereocenters. The van der Waals surface area contributed by atoms with Crippen molar-refractivity contribution in [3.8, 4) is 12.3 Å². The molecule has 0 radical (unpaired) electrons. The molecule has 2 nitrogen and oxygen atoms in total. The zero-order chi connectivity index (χ0) is 14.0. The van der Waals surface area contributed by atoms with Crippen molar-refractivity contribution in [2.45, 2.75) is 31.3 Å². The Morgan fingerprint density at radius 1 is 1.42 bits per heavy atom. The Balaban J connectivity index is 2.30. The zero-order valence-electron chi connectivity index (χ0n) is 10.2. The number of aryl methyl sites for hydroxylation is 1. The summed E-state index contributed by atoms with van der Waals surface area (Å²) in [6.07, 6.45) is -0.863. The maximum atomic E-state index is 12.7. The van der Waals surface area contributed by atoms with E-state index in [9.17, 15) is 18.3 Å². The summed E-state index contributed by atoms with van der Waals surface area (Å²) in [5.74, 6) is 2.19. The summed E-state index contributed by atoms with van der Waals surface area (Å²) in [5, 5.41) is 9.47. The van der Waals surface area contributed by atoms with Crippen molar-refractivity contribution in [3.63, 3.8) is 0 Å². The third-order valence-electron chi connectivity index (χ3n) is 3.38. The molecule has 0 heterocycles. The average molecular weight is 269 g/mol. The predicted octanol–water partition coefficient (Wildman–Crippen LogP) is 2.49. The smallest absolute Gasteiger partial charge is 0.370 e. The van der Waals surface area contributed by atoms with Gasteiger partial charge in [0, 0.05) is 6.04 Å². The first kappa shape index (κ1) is 13.9. The minimum atomic E-state index is -4.70. The number of halogens is 3. The fourth-order valence-corrected chi connectivity index (χ4v) is 2.54. The lowest BCUT2D eigenvalue weighted by molar-refractivity contribution is -0.255. The van der Waals surface area contributed by atoms with Crippen molar-refractivity contribution in [2.75, 3.05) is 6.54 Å². The number of nitrogens with zero attached hydrogens (tertiary/aromatic N) is 1. The van der Waals surface area contributed by atoms with Crippen molar-refractivity contribution < 1.29 is 18.3 Å². The van der Waals surface area contributed by atoms with Gasteiger partial charge in [-0.25, -0.2) is 0 Å². The van der Waals surface area contributed by atoms with Gasteiger partial charge in [0.2, 0.25) is 6.23 Å². The van der Waals surface area contributed by atoms with Crippen LogP contribution in [0, 0.1) is 12.3 Å². The molecule has 0 spiro atoms. The van der Waals surface area contributed by atoms with Crippen molar-refractivity contribution in [1.82, 2.24) is 4.90 Å². The Labute approximate surface area is 109 Å². The van der Waals surface area contributed by atoms with Gasteiger partial charge in [-0.05, 0) is 24.0 Å². The van der Waals surface area contributed by atoms with Crippen LogP contribution >= 0.6 is 0 Å². The molecule has 1 aromatic rings. The first-order valence-electron chi connectivity index (χ1n) is 5.97. The summed E-state index contributed by atoms with van der Waals surface area (Å²) >= 11 is 0. The molecule has 0 aliphatic heterocycles. The Kier molecular flexibility index (Phi) is 3.83. The number of hydrogen-bond donors (Lipinski definition) is 1. The van der Waals surface area contributed by atoms with Gasteiger partial charge < -0.3 is 5.11 Å². The molecule has 1 aliphatic rings. The number of alkyl halides is 3. The molecule has 1 unspecified atom stereocenters. The summed E-state index contributed by atoms with van der Waals surface area (Å²) in [4.78, 5) is 0.936. The molecule has 0 aromatic heterocycles. The largest absolute Gasteiger partial charge is 0.428 e. The van der Waals surface area contributed by atoms with Crippen LogP contribution in [-0.2, 0) is 6.42 Å². The van der Waals surface area contributed by atoms with Gasteiger partial charge in [-0.3, -0.25) is 4.90 Å². The highest BCUT2D eigenvalue weighted by Crippen LogP contribution is 2.38. The van der Waals surface area contributed by atoms with Crippen LogP contribution in [0.3, 0.4) is 0 Å². The highest BCUT2D eigenvalue weighted by atomic mass is 19.4. The Morgan fingerprint density at radius 2 is 2.11 bits per heavy atom. The second-order valence-corrected chi connectivity index (χ2v) is 4.55. The highest BCUT2D eigenvalue weighted by Gasteiger charge is 2.45. The van der Waals surface area contributed by atoms with Crippen LogP contribution in [0.5, 0.6) is 0 Å². The lowest BCUT2D eigenvalue weighted by Gasteiger charge is -2.33. The molecule has 19 heavy (non-hydrogen) atoms. The number of aliphatic hydroxyl groups excluding tert-OH is 1. The number of rotatable bonds is 3. The van der Waals surface area contributed by atoms with Crippen LogP contribution in [0.1, 0.15) is 23.6 Å². The minimum Gasteiger partial charge on any atom is -0.370 e. The summed E-state index contributed by atoms with van der Waals surface area (Å²) in [5.41, 5.74) is 1.84. The first-order chi connectivity index (χ1) is 8.95.